The normalized spacial score (nSPS) is 23.1. The van der Waals surface area contributed by atoms with Crippen molar-refractivity contribution in [2.24, 2.45) is 5.92 Å². The molecule has 2 unspecified atom stereocenters. The largest absolute Gasteiger partial charge is 0.492 e. The zero-order valence-corrected chi connectivity index (χ0v) is 20.6. The van der Waals surface area contributed by atoms with Crippen molar-refractivity contribution < 1.29 is 32.2 Å². The van der Waals surface area contributed by atoms with Crippen molar-refractivity contribution in [2.75, 3.05) is 38.1 Å². The third kappa shape index (κ3) is 4.96. The van der Waals surface area contributed by atoms with E-state index >= 15 is 0 Å². The first-order valence-corrected chi connectivity index (χ1v) is 13.3. The Labute approximate surface area is 208 Å². The van der Waals surface area contributed by atoms with Crippen LogP contribution in [0.25, 0.3) is 6.08 Å². The number of methoxy groups -OCH3 is 1. The van der Waals surface area contributed by atoms with Crippen molar-refractivity contribution in [3.05, 3.63) is 58.9 Å². The molecule has 0 amide bonds. The maximum Gasteiger partial charge on any atom is 0.343 e. The summed E-state index contributed by atoms with van der Waals surface area (Å²) in [6.45, 7) is 2.04. The average molecular weight is 518 g/mol. The zero-order chi connectivity index (χ0) is 25.4. The number of fused-ring (bicyclic) bond motifs is 3. The number of aliphatic hydroxyl groups excluding tert-OH is 1. The molecule has 36 heavy (non-hydrogen) atoms. The number of β-amino-alcohol motifs (C(OH)–C–C–N with tert-alkyl or cyclic N) is 1. The number of sulfonamides is 1. The molecule has 11 heteroatoms. The van der Waals surface area contributed by atoms with E-state index in [2.05, 4.69) is 10.1 Å². The number of rotatable bonds is 8. The Hall–Kier alpha value is -2.99. The lowest BCUT2D eigenvalue weighted by atomic mass is 10.0. The molecule has 0 bridgehead atoms. The number of nitrogens with zero attached hydrogens (tertiary/aromatic N) is 1. The van der Waals surface area contributed by atoms with E-state index in [4.69, 9.17) is 9.47 Å². The number of ether oxygens (including phenoxy) is 2. The highest BCUT2D eigenvalue weighted by atomic mass is 32.2. The highest BCUT2D eigenvalue weighted by molar-refractivity contribution is 7.92. The van der Waals surface area contributed by atoms with Crippen LogP contribution in [-0.4, -0.2) is 64.0 Å². The third-order valence-corrected chi connectivity index (χ3v) is 8.18. The highest BCUT2D eigenvalue weighted by Gasteiger charge is 2.45. The van der Waals surface area contributed by atoms with Gasteiger partial charge < -0.3 is 14.6 Å². The van der Waals surface area contributed by atoms with Gasteiger partial charge in [0.2, 0.25) is 0 Å². The van der Waals surface area contributed by atoms with Gasteiger partial charge in [-0.15, -0.1) is 0 Å². The Morgan fingerprint density at radius 2 is 2.17 bits per heavy atom. The van der Waals surface area contributed by atoms with Crippen molar-refractivity contribution in [3.63, 3.8) is 0 Å². The summed E-state index contributed by atoms with van der Waals surface area (Å²) in [5, 5.41) is 11.5. The third-order valence-electron chi connectivity index (χ3n) is 6.74. The van der Waals surface area contributed by atoms with Crippen molar-refractivity contribution >= 4 is 27.8 Å². The number of carbonyl (C=O) groups excluding carboxylic acids is 1. The molecule has 0 spiro atoms. The Balaban J connectivity index is 1.41. The average Bonchev–Trinajstić information content (AvgIpc) is 3.53. The number of carbonyl (C=O) groups is 1. The summed E-state index contributed by atoms with van der Waals surface area (Å²) in [5.41, 5.74) is 4.21. The predicted molar refractivity (Wildman–Crippen MR) is 131 cm³/mol. The molecule has 192 valence electrons. The molecule has 2 heterocycles. The second-order valence-corrected chi connectivity index (χ2v) is 10.9. The number of benzene rings is 2. The van der Waals surface area contributed by atoms with Crippen LogP contribution in [0.3, 0.4) is 0 Å². The topological polar surface area (TPSA) is 117 Å². The number of hydrogen-bond acceptors (Lipinski definition) is 8. The summed E-state index contributed by atoms with van der Waals surface area (Å²) in [6.07, 6.45) is 4.47. The number of anilines is 1. The first-order valence-electron chi connectivity index (χ1n) is 11.8. The van der Waals surface area contributed by atoms with Crippen LogP contribution >= 0.6 is 0 Å². The van der Waals surface area contributed by atoms with E-state index < -0.39 is 21.8 Å². The monoisotopic (exact) mass is 517 g/mol. The summed E-state index contributed by atoms with van der Waals surface area (Å²) < 4.78 is 54.1. The maximum atomic E-state index is 14.0. The summed E-state index contributed by atoms with van der Waals surface area (Å²) >= 11 is 0. The Bertz CT molecular complexity index is 1320. The molecule has 1 aliphatic carbocycles. The smallest absolute Gasteiger partial charge is 0.343 e. The second kappa shape index (κ2) is 9.81. The van der Waals surface area contributed by atoms with Crippen molar-refractivity contribution in [1.29, 1.82) is 0 Å². The summed E-state index contributed by atoms with van der Waals surface area (Å²) in [6, 6.07) is 6.70. The SMILES string of the molecule is COC(=O)c1c(NS(=O)(=O)c2ccc(F)cc2/C=C\CNN2CC[C@H](O)C2)ccc2c1OCC1CC21. The molecule has 1 saturated carbocycles. The quantitative estimate of drug-likeness (QED) is 0.458. The van der Waals surface area contributed by atoms with Gasteiger partial charge in [-0.1, -0.05) is 18.2 Å². The molecule has 3 N–H and O–H groups in total. The molecule has 3 aliphatic rings. The molecule has 0 radical (unpaired) electrons. The molecule has 9 nitrogen and oxygen atoms in total. The summed E-state index contributed by atoms with van der Waals surface area (Å²) in [4.78, 5) is 12.5. The second-order valence-electron chi connectivity index (χ2n) is 9.25. The Morgan fingerprint density at radius 3 is 2.92 bits per heavy atom. The fourth-order valence-electron chi connectivity index (χ4n) is 4.79. The van der Waals surface area contributed by atoms with E-state index in [1.54, 1.807) is 18.2 Å². The molecule has 3 atom stereocenters. The molecule has 1 saturated heterocycles. The van der Waals surface area contributed by atoms with Gasteiger partial charge in [-0.25, -0.2) is 22.6 Å². The number of nitrogens with one attached hydrogen (secondary N) is 2. The zero-order valence-electron chi connectivity index (χ0n) is 19.7. The number of aliphatic hydroxyl groups is 1. The first-order chi connectivity index (χ1) is 17.3. The number of hydrazine groups is 1. The molecule has 5 rings (SSSR count). The van der Waals surface area contributed by atoms with Gasteiger partial charge in [0.15, 0.2) is 0 Å². The molecule has 2 fully saturated rings. The van der Waals surface area contributed by atoms with Gasteiger partial charge in [0.1, 0.15) is 17.1 Å². The van der Waals surface area contributed by atoms with Crippen LogP contribution in [0.1, 0.15) is 40.2 Å². The minimum absolute atomic E-state index is 0.0279. The lowest BCUT2D eigenvalue weighted by Crippen LogP contribution is -2.36. The van der Waals surface area contributed by atoms with Crippen LogP contribution in [0.15, 0.2) is 41.3 Å². The number of hydrogen-bond donors (Lipinski definition) is 3. The lowest BCUT2D eigenvalue weighted by Gasteiger charge is -2.22. The van der Waals surface area contributed by atoms with Crippen LogP contribution in [0.5, 0.6) is 5.75 Å². The van der Waals surface area contributed by atoms with Crippen molar-refractivity contribution in [2.45, 2.75) is 29.8 Å². The van der Waals surface area contributed by atoms with Crippen molar-refractivity contribution in [3.8, 4) is 5.75 Å². The van der Waals surface area contributed by atoms with Gasteiger partial charge in [0.05, 0.1) is 30.4 Å². The van der Waals surface area contributed by atoms with E-state index in [-0.39, 0.29) is 27.8 Å². The van der Waals surface area contributed by atoms with Crippen LogP contribution in [-0.2, 0) is 14.8 Å². The van der Waals surface area contributed by atoms with E-state index in [1.165, 1.54) is 19.3 Å². The standard InChI is InChI=1S/C25H28FN3O6S/c1-34-25(31)23-21(6-5-19-20-12-16(20)14-35-24(19)23)28-36(32,33)22-7-4-17(26)11-15(22)3-2-9-27-29-10-8-18(30)13-29/h2-7,11,16,18,20,27-28,30H,8-10,12-14H2,1H3/b3-2-/t16?,18-,20?/m0/s1. The summed E-state index contributed by atoms with van der Waals surface area (Å²) in [7, 11) is -2.99. The fraction of sp³-hybridized carbons (Fsp3) is 0.400. The van der Waals surface area contributed by atoms with Gasteiger partial charge >= 0.3 is 5.97 Å². The van der Waals surface area contributed by atoms with Gasteiger partial charge in [-0.05, 0) is 54.2 Å². The molecule has 2 aromatic rings. The molecule has 2 aliphatic heterocycles. The first kappa shape index (κ1) is 24.7. The number of esters is 1. The molecule has 2 aromatic carbocycles. The minimum atomic E-state index is -4.21. The Kier molecular flexibility index (Phi) is 6.73. The van der Waals surface area contributed by atoms with Gasteiger partial charge in [0, 0.05) is 25.6 Å². The van der Waals surface area contributed by atoms with E-state index in [9.17, 15) is 22.7 Å². The number of halogens is 1. The fourth-order valence-corrected chi connectivity index (χ4v) is 6.04. The van der Waals surface area contributed by atoms with E-state index in [0.717, 1.165) is 24.1 Å². The lowest BCUT2D eigenvalue weighted by molar-refractivity contribution is 0.0596. The van der Waals surface area contributed by atoms with Gasteiger partial charge in [-0.3, -0.25) is 10.1 Å². The summed E-state index contributed by atoms with van der Waals surface area (Å²) in [5.74, 6) is -0.224. The minimum Gasteiger partial charge on any atom is -0.492 e. The van der Waals surface area contributed by atoms with Crippen molar-refractivity contribution in [1.82, 2.24) is 10.4 Å². The van der Waals surface area contributed by atoms with Crippen LogP contribution < -0.4 is 14.9 Å². The molecular formula is C25H28FN3O6S. The van der Waals surface area contributed by atoms with Gasteiger partial charge in [0.25, 0.3) is 10.0 Å². The van der Waals surface area contributed by atoms with Gasteiger partial charge in [-0.2, -0.15) is 0 Å². The Morgan fingerprint density at radius 1 is 1.33 bits per heavy atom. The van der Waals surface area contributed by atoms with E-state index in [1.807, 2.05) is 5.01 Å². The maximum absolute atomic E-state index is 14.0. The molecular weight excluding hydrogens is 489 g/mol. The molecule has 0 aromatic heterocycles. The highest BCUT2D eigenvalue weighted by Crippen LogP contribution is 2.55. The predicted octanol–water partition coefficient (Wildman–Crippen LogP) is 2.49. The van der Waals surface area contributed by atoms with Crippen LogP contribution in [0.2, 0.25) is 0 Å². The van der Waals surface area contributed by atoms with E-state index in [0.29, 0.717) is 50.2 Å². The van der Waals surface area contributed by atoms with Crippen LogP contribution in [0, 0.1) is 11.7 Å². The van der Waals surface area contributed by atoms with Crippen LogP contribution in [0.4, 0.5) is 10.1 Å².